The van der Waals surface area contributed by atoms with E-state index >= 15 is 0 Å². The van der Waals surface area contributed by atoms with Crippen molar-refractivity contribution in [3.8, 4) is 11.5 Å². The summed E-state index contributed by atoms with van der Waals surface area (Å²) in [4.78, 5) is 12.0. The number of halogens is 2. The van der Waals surface area contributed by atoms with Crippen molar-refractivity contribution in [3.63, 3.8) is 0 Å². The second-order valence-electron chi connectivity index (χ2n) is 5.06. The normalized spacial score (nSPS) is 11.5. The van der Waals surface area contributed by atoms with Crippen molar-refractivity contribution in [3.05, 3.63) is 53.6 Å². The van der Waals surface area contributed by atoms with Crippen LogP contribution in [0.4, 0.5) is 19.3 Å². The smallest absolute Gasteiger partial charge is 0.319 e. The molecule has 0 spiro atoms. The SMILES string of the molecule is COc1ccc(NC(=O)N[C@H](C)c2ccc(F)cc2F)cc1OC. The van der Waals surface area contributed by atoms with Crippen LogP contribution in [0.25, 0.3) is 0 Å². The van der Waals surface area contributed by atoms with Gasteiger partial charge in [-0.05, 0) is 25.1 Å². The van der Waals surface area contributed by atoms with Gasteiger partial charge in [-0.25, -0.2) is 13.6 Å². The molecule has 0 aromatic heterocycles. The van der Waals surface area contributed by atoms with Gasteiger partial charge >= 0.3 is 6.03 Å². The number of carbonyl (C=O) groups is 1. The summed E-state index contributed by atoms with van der Waals surface area (Å²) in [6.45, 7) is 1.60. The number of rotatable bonds is 5. The Morgan fingerprint density at radius 2 is 1.75 bits per heavy atom. The average Bonchev–Trinajstić information content (AvgIpc) is 2.54. The fourth-order valence-corrected chi connectivity index (χ4v) is 2.21. The van der Waals surface area contributed by atoms with E-state index in [2.05, 4.69) is 10.6 Å². The van der Waals surface area contributed by atoms with Crippen LogP contribution in [0, 0.1) is 11.6 Å². The third kappa shape index (κ3) is 4.13. The van der Waals surface area contributed by atoms with Crippen LogP contribution in [-0.2, 0) is 0 Å². The summed E-state index contributed by atoms with van der Waals surface area (Å²) in [5.74, 6) is -0.384. The van der Waals surface area contributed by atoms with Gasteiger partial charge in [-0.3, -0.25) is 0 Å². The highest BCUT2D eigenvalue weighted by Crippen LogP contribution is 2.29. The Labute approximate surface area is 138 Å². The van der Waals surface area contributed by atoms with Crippen molar-refractivity contribution in [2.24, 2.45) is 0 Å². The molecule has 0 fully saturated rings. The minimum absolute atomic E-state index is 0.193. The molecule has 2 rings (SSSR count). The number of methoxy groups -OCH3 is 2. The van der Waals surface area contributed by atoms with E-state index in [-0.39, 0.29) is 5.56 Å². The topological polar surface area (TPSA) is 59.6 Å². The van der Waals surface area contributed by atoms with Crippen LogP contribution >= 0.6 is 0 Å². The van der Waals surface area contributed by atoms with Gasteiger partial charge < -0.3 is 20.1 Å². The molecule has 0 aliphatic heterocycles. The summed E-state index contributed by atoms with van der Waals surface area (Å²) >= 11 is 0. The van der Waals surface area contributed by atoms with Crippen molar-refractivity contribution in [1.29, 1.82) is 0 Å². The number of urea groups is 1. The number of benzene rings is 2. The van der Waals surface area contributed by atoms with Gasteiger partial charge in [0.15, 0.2) is 11.5 Å². The van der Waals surface area contributed by atoms with E-state index < -0.39 is 23.7 Å². The number of amides is 2. The van der Waals surface area contributed by atoms with Crippen LogP contribution in [0.5, 0.6) is 11.5 Å². The Morgan fingerprint density at radius 1 is 1.04 bits per heavy atom. The lowest BCUT2D eigenvalue weighted by Crippen LogP contribution is -2.31. The van der Waals surface area contributed by atoms with Gasteiger partial charge in [0.05, 0.1) is 20.3 Å². The largest absolute Gasteiger partial charge is 0.493 e. The first-order valence-corrected chi connectivity index (χ1v) is 7.19. The molecular formula is C17H18F2N2O3. The minimum Gasteiger partial charge on any atom is -0.493 e. The Hall–Kier alpha value is -2.83. The average molecular weight is 336 g/mol. The molecule has 128 valence electrons. The van der Waals surface area contributed by atoms with Crippen LogP contribution in [0.15, 0.2) is 36.4 Å². The van der Waals surface area contributed by atoms with Gasteiger partial charge in [0.25, 0.3) is 0 Å². The highest BCUT2D eigenvalue weighted by molar-refractivity contribution is 5.89. The van der Waals surface area contributed by atoms with Gasteiger partial charge in [0, 0.05) is 23.4 Å². The van der Waals surface area contributed by atoms with Crippen LogP contribution in [0.3, 0.4) is 0 Å². The summed E-state index contributed by atoms with van der Waals surface area (Å²) < 4.78 is 36.9. The van der Waals surface area contributed by atoms with Gasteiger partial charge in [-0.2, -0.15) is 0 Å². The summed E-state index contributed by atoms with van der Waals surface area (Å²) in [5.41, 5.74) is 0.677. The van der Waals surface area contributed by atoms with Gasteiger partial charge in [0.1, 0.15) is 11.6 Å². The molecule has 7 heteroatoms. The molecular weight excluding hydrogens is 318 g/mol. The Bertz CT molecular complexity index is 738. The molecule has 0 heterocycles. The van der Waals surface area contributed by atoms with Crippen LogP contribution in [0.2, 0.25) is 0 Å². The third-order valence-electron chi connectivity index (χ3n) is 3.42. The molecule has 24 heavy (non-hydrogen) atoms. The van der Waals surface area contributed by atoms with E-state index in [1.54, 1.807) is 25.1 Å². The monoisotopic (exact) mass is 336 g/mol. The van der Waals surface area contributed by atoms with E-state index in [4.69, 9.17) is 9.47 Å². The lowest BCUT2D eigenvalue weighted by molar-refractivity contribution is 0.249. The van der Waals surface area contributed by atoms with Crippen LogP contribution in [0.1, 0.15) is 18.5 Å². The summed E-state index contributed by atoms with van der Waals surface area (Å²) in [7, 11) is 3.00. The van der Waals surface area contributed by atoms with Gasteiger partial charge in [-0.15, -0.1) is 0 Å². The highest BCUT2D eigenvalue weighted by atomic mass is 19.1. The van der Waals surface area contributed by atoms with Crippen molar-refractivity contribution in [2.45, 2.75) is 13.0 Å². The molecule has 1 atom stereocenters. The zero-order valence-corrected chi connectivity index (χ0v) is 13.5. The van der Waals surface area contributed by atoms with E-state index in [1.807, 2.05) is 0 Å². The van der Waals surface area contributed by atoms with Crippen molar-refractivity contribution in [2.75, 3.05) is 19.5 Å². The first kappa shape index (κ1) is 17.5. The van der Waals surface area contributed by atoms with Crippen molar-refractivity contribution in [1.82, 2.24) is 5.32 Å². The summed E-state index contributed by atoms with van der Waals surface area (Å²) in [6.07, 6.45) is 0. The number of carbonyl (C=O) groups excluding carboxylic acids is 1. The van der Waals surface area contributed by atoms with Crippen LogP contribution in [-0.4, -0.2) is 20.3 Å². The third-order valence-corrected chi connectivity index (χ3v) is 3.42. The number of anilines is 1. The molecule has 0 bridgehead atoms. The maximum Gasteiger partial charge on any atom is 0.319 e. The first-order valence-electron chi connectivity index (χ1n) is 7.19. The number of hydrogen-bond donors (Lipinski definition) is 2. The first-order chi connectivity index (χ1) is 11.4. The van der Waals surface area contributed by atoms with E-state index in [0.29, 0.717) is 17.2 Å². The molecule has 2 amide bonds. The predicted octanol–water partition coefficient (Wildman–Crippen LogP) is 3.86. The maximum atomic E-state index is 13.7. The Kier molecular flexibility index (Phi) is 5.57. The minimum atomic E-state index is -0.714. The molecule has 5 nitrogen and oxygen atoms in total. The van der Waals surface area contributed by atoms with Crippen LogP contribution < -0.4 is 20.1 Å². The molecule has 0 saturated carbocycles. The molecule has 0 unspecified atom stereocenters. The lowest BCUT2D eigenvalue weighted by atomic mass is 10.1. The number of ether oxygens (including phenoxy) is 2. The molecule has 0 saturated heterocycles. The number of nitrogens with one attached hydrogen (secondary N) is 2. The maximum absolute atomic E-state index is 13.7. The second-order valence-corrected chi connectivity index (χ2v) is 5.06. The summed E-state index contributed by atoms with van der Waals surface area (Å²) in [5, 5.41) is 5.20. The van der Waals surface area contributed by atoms with E-state index in [1.165, 1.54) is 20.3 Å². The van der Waals surface area contributed by atoms with Crippen molar-refractivity contribution < 1.29 is 23.0 Å². The zero-order chi connectivity index (χ0) is 17.7. The molecule has 0 aliphatic rings. The second kappa shape index (κ2) is 7.63. The Balaban J connectivity index is 2.05. The molecule has 0 aliphatic carbocycles. The van der Waals surface area contributed by atoms with Gasteiger partial charge in [0.2, 0.25) is 0 Å². The molecule has 0 radical (unpaired) electrons. The fourth-order valence-electron chi connectivity index (χ4n) is 2.21. The predicted molar refractivity (Wildman–Crippen MR) is 86.5 cm³/mol. The molecule has 2 aromatic carbocycles. The summed E-state index contributed by atoms with van der Waals surface area (Å²) in [6, 6.07) is 6.95. The zero-order valence-electron chi connectivity index (χ0n) is 13.5. The quantitative estimate of drug-likeness (QED) is 0.871. The lowest BCUT2D eigenvalue weighted by Gasteiger charge is -2.16. The standard InChI is InChI=1S/C17H18F2N2O3/c1-10(13-6-4-11(18)8-14(13)19)20-17(22)21-12-5-7-15(23-2)16(9-12)24-3/h4-10H,1-3H3,(H2,20,21,22)/t10-/m1/s1. The molecule has 2 N–H and O–H groups in total. The van der Waals surface area contributed by atoms with Gasteiger partial charge in [-0.1, -0.05) is 6.07 Å². The van der Waals surface area contributed by atoms with E-state index in [9.17, 15) is 13.6 Å². The number of hydrogen-bond acceptors (Lipinski definition) is 3. The fraction of sp³-hybridized carbons (Fsp3) is 0.235. The van der Waals surface area contributed by atoms with E-state index in [0.717, 1.165) is 12.1 Å². The highest BCUT2D eigenvalue weighted by Gasteiger charge is 2.15. The van der Waals surface area contributed by atoms with Crippen molar-refractivity contribution >= 4 is 11.7 Å². The molecule has 2 aromatic rings. The Morgan fingerprint density at radius 3 is 2.38 bits per heavy atom.